The van der Waals surface area contributed by atoms with Crippen LogP contribution in [0.5, 0.6) is 17.2 Å². The second-order valence-electron chi connectivity index (χ2n) is 6.96. The zero-order chi connectivity index (χ0) is 21.0. The molecule has 0 saturated carbocycles. The molecule has 1 atom stereocenters. The first-order valence-corrected chi connectivity index (χ1v) is 11.1. The van der Waals surface area contributed by atoms with Crippen molar-refractivity contribution in [2.45, 2.75) is 19.0 Å². The first kappa shape index (κ1) is 21.2. The number of methoxy groups -OCH3 is 3. The van der Waals surface area contributed by atoms with Crippen molar-refractivity contribution in [1.29, 1.82) is 0 Å². The van der Waals surface area contributed by atoms with E-state index in [4.69, 9.17) is 14.2 Å². The van der Waals surface area contributed by atoms with E-state index < -0.39 is 9.84 Å². The summed E-state index contributed by atoms with van der Waals surface area (Å²) in [5.41, 5.74) is 2.61. The average molecular weight is 422 g/mol. The number of aromatic nitrogens is 2. The van der Waals surface area contributed by atoms with Crippen molar-refractivity contribution in [3.8, 4) is 28.5 Å². The van der Waals surface area contributed by atoms with E-state index in [-0.39, 0.29) is 17.5 Å². The molecule has 1 fully saturated rings. The molecule has 1 saturated heterocycles. The highest BCUT2D eigenvalue weighted by molar-refractivity contribution is 7.91. The van der Waals surface area contributed by atoms with Crippen LogP contribution in [-0.2, 0) is 16.4 Å². The monoisotopic (exact) mass is 421 g/mol. The summed E-state index contributed by atoms with van der Waals surface area (Å²) in [5.74, 6) is 2.03. The van der Waals surface area contributed by atoms with Gasteiger partial charge in [-0.1, -0.05) is 6.08 Å². The number of aromatic amines is 1. The highest BCUT2D eigenvalue weighted by atomic mass is 32.2. The number of ether oxygens (including phenoxy) is 3. The minimum atomic E-state index is -2.97. The SMILES string of the molecule is C=CCN(Cc1cn[nH]c1-c1cc(OC)c(OC)c(OC)c1)[C@@H]1CCS(=O)(=O)C1. The molecular weight excluding hydrogens is 394 g/mol. The van der Waals surface area contributed by atoms with Crippen molar-refractivity contribution in [2.75, 3.05) is 39.4 Å². The highest BCUT2D eigenvalue weighted by Crippen LogP contribution is 2.41. The van der Waals surface area contributed by atoms with Crippen molar-refractivity contribution in [1.82, 2.24) is 15.1 Å². The van der Waals surface area contributed by atoms with Gasteiger partial charge in [-0.25, -0.2) is 8.42 Å². The lowest BCUT2D eigenvalue weighted by Gasteiger charge is -2.26. The molecule has 29 heavy (non-hydrogen) atoms. The van der Waals surface area contributed by atoms with Gasteiger partial charge in [0.1, 0.15) is 0 Å². The van der Waals surface area contributed by atoms with Crippen LogP contribution in [-0.4, -0.2) is 68.9 Å². The van der Waals surface area contributed by atoms with Gasteiger partial charge >= 0.3 is 0 Å². The van der Waals surface area contributed by atoms with Crippen LogP contribution in [0.2, 0.25) is 0 Å². The Kier molecular flexibility index (Phi) is 6.49. The predicted molar refractivity (Wildman–Crippen MR) is 111 cm³/mol. The number of benzene rings is 1. The minimum Gasteiger partial charge on any atom is -0.493 e. The van der Waals surface area contributed by atoms with E-state index in [0.29, 0.717) is 36.8 Å². The van der Waals surface area contributed by atoms with Gasteiger partial charge in [0.2, 0.25) is 5.75 Å². The van der Waals surface area contributed by atoms with Gasteiger partial charge in [-0.2, -0.15) is 5.10 Å². The summed E-state index contributed by atoms with van der Waals surface area (Å²) in [5, 5.41) is 7.26. The standard InChI is InChI=1S/C20H27N3O5S/c1-5-7-23(16-6-8-29(24,25)13-16)12-15-11-21-22-19(15)14-9-17(26-2)20(28-4)18(10-14)27-3/h5,9-11,16H,1,6-8,12-13H2,2-4H3,(H,21,22)/t16-/m1/s1. The van der Waals surface area contributed by atoms with E-state index >= 15 is 0 Å². The van der Waals surface area contributed by atoms with E-state index in [1.54, 1.807) is 33.6 Å². The molecule has 9 heteroatoms. The molecule has 2 heterocycles. The molecule has 1 aromatic heterocycles. The number of sulfone groups is 1. The topological polar surface area (TPSA) is 93.8 Å². The molecule has 158 valence electrons. The zero-order valence-corrected chi connectivity index (χ0v) is 17.8. The molecule has 0 unspecified atom stereocenters. The lowest BCUT2D eigenvalue weighted by molar-refractivity contribution is 0.227. The Hall–Kier alpha value is -2.52. The Balaban J connectivity index is 1.93. The van der Waals surface area contributed by atoms with Gasteiger partial charge in [-0.15, -0.1) is 6.58 Å². The summed E-state index contributed by atoms with van der Waals surface area (Å²) >= 11 is 0. The van der Waals surface area contributed by atoms with Crippen molar-refractivity contribution in [3.63, 3.8) is 0 Å². The number of rotatable bonds is 9. The summed E-state index contributed by atoms with van der Waals surface area (Å²) in [6.45, 7) is 4.97. The van der Waals surface area contributed by atoms with Gasteiger partial charge < -0.3 is 14.2 Å². The van der Waals surface area contributed by atoms with Crippen LogP contribution in [0.4, 0.5) is 0 Å². The lowest BCUT2D eigenvalue weighted by atomic mass is 10.1. The van der Waals surface area contributed by atoms with Gasteiger partial charge in [-0.3, -0.25) is 10.00 Å². The smallest absolute Gasteiger partial charge is 0.203 e. The van der Waals surface area contributed by atoms with Crippen molar-refractivity contribution >= 4 is 9.84 Å². The molecule has 1 aliphatic heterocycles. The summed E-state index contributed by atoms with van der Waals surface area (Å²) < 4.78 is 40.2. The van der Waals surface area contributed by atoms with Crippen molar-refractivity contribution < 1.29 is 22.6 Å². The van der Waals surface area contributed by atoms with Gasteiger partial charge in [-0.05, 0) is 18.6 Å². The first-order valence-electron chi connectivity index (χ1n) is 9.30. The Morgan fingerprint density at radius 2 is 1.93 bits per heavy atom. The maximum atomic E-state index is 11.9. The third kappa shape index (κ3) is 4.56. The van der Waals surface area contributed by atoms with Gasteiger partial charge in [0.05, 0.1) is 44.7 Å². The van der Waals surface area contributed by atoms with E-state index in [2.05, 4.69) is 21.7 Å². The summed E-state index contributed by atoms with van der Waals surface area (Å²) in [6, 6.07) is 3.69. The Morgan fingerprint density at radius 1 is 1.24 bits per heavy atom. The van der Waals surface area contributed by atoms with E-state index in [1.165, 1.54) is 0 Å². The molecular formula is C20H27N3O5S. The third-order valence-electron chi connectivity index (χ3n) is 5.13. The molecule has 1 N–H and O–H groups in total. The van der Waals surface area contributed by atoms with Crippen LogP contribution in [0, 0.1) is 0 Å². The highest BCUT2D eigenvalue weighted by Gasteiger charge is 2.32. The lowest BCUT2D eigenvalue weighted by Crippen LogP contribution is -2.35. The molecule has 0 amide bonds. The third-order valence-corrected chi connectivity index (χ3v) is 6.88. The summed E-state index contributed by atoms with van der Waals surface area (Å²) in [7, 11) is 1.73. The Morgan fingerprint density at radius 3 is 2.45 bits per heavy atom. The maximum Gasteiger partial charge on any atom is 0.203 e. The fourth-order valence-electron chi connectivity index (χ4n) is 3.70. The molecule has 8 nitrogen and oxygen atoms in total. The molecule has 0 bridgehead atoms. The van der Waals surface area contributed by atoms with Crippen LogP contribution in [0.25, 0.3) is 11.3 Å². The number of hydrogen-bond acceptors (Lipinski definition) is 7. The van der Waals surface area contributed by atoms with Crippen LogP contribution >= 0.6 is 0 Å². The fourth-order valence-corrected chi connectivity index (χ4v) is 5.46. The van der Waals surface area contributed by atoms with E-state index in [1.807, 2.05) is 12.1 Å². The fraction of sp³-hybridized carbons (Fsp3) is 0.450. The quantitative estimate of drug-likeness (QED) is 0.621. The van der Waals surface area contributed by atoms with Gasteiger partial charge in [0.15, 0.2) is 21.3 Å². The average Bonchev–Trinajstić information content (AvgIpc) is 3.32. The number of nitrogens with zero attached hydrogens (tertiary/aromatic N) is 2. The number of nitrogens with one attached hydrogen (secondary N) is 1. The minimum absolute atomic E-state index is 0.0271. The molecule has 0 radical (unpaired) electrons. The summed E-state index contributed by atoms with van der Waals surface area (Å²) in [4.78, 5) is 2.13. The van der Waals surface area contributed by atoms with Gasteiger partial charge in [0.25, 0.3) is 0 Å². The van der Waals surface area contributed by atoms with Crippen LogP contribution in [0.3, 0.4) is 0 Å². The van der Waals surface area contributed by atoms with Crippen LogP contribution in [0.15, 0.2) is 31.0 Å². The number of hydrogen-bond donors (Lipinski definition) is 1. The normalized spacial score (nSPS) is 18.0. The molecule has 0 aliphatic carbocycles. The Bertz CT molecular complexity index is 945. The molecule has 1 aliphatic rings. The van der Waals surface area contributed by atoms with E-state index in [0.717, 1.165) is 16.8 Å². The largest absolute Gasteiger partial charge is 0.493 e. The molecule has 1 aromatic carbocycles. The van der Waals surface area contributed by atoms with Crippen molar-refractivity contribution in [2.24, 2.45) is 0 Å². The van der Waals surface area contributed by atoms with Gasteiger partial charge in [0, 0.05) is 30.3 Å². The second-order valence-corrected chi connectivity index (χ2v) is 9.19. The van der Waals surface area contributed by atoms with Crippen LogP contribution < -0.4 is 14.2 Å². The zero-order valence-electron chi connectivity index (χ0n) is 17.0. The summed E-state index contributed by atoms with van der Waals surface area (Å²) in [6.07, 6.45) is 4.19. The Labute approximate surface area is 171 Å². The van der Waals surface area contributed by atoms with E-state index in [9.17, 15) is 8.42 Å². The van der Waals surface area contributed by atoms with Crippen molar-refractivity contribution in [3.05, 3.63) is 36.5 Å². The molecule has 2 aromatic rings. The second kappa shape index (κ2) is 8.87. The molecule has 0 spiro atoms. The number of H-pyrrole nitrogens is 1. The van der Waals surface area contributed by atoms with Crippen LogP contribution in [0.1, 0.15) is 12.0 Å². The molecule has 3 rings (SSSR count). The maximum absolute atomic E-state index is 11.9. The first-order chi connectivity index (χ1) is 13.9. The predicted octanol–water partition coefficient (Wildman–Crippen LogP) is 2.28.